The van der Waals surface area contributed by atoms with Crippen LogP contribution >= 0.6 is 0 Å². The lowest BCUT2D eigenvalue weighted by atomic mass is 10.1. The largest absolute Gasteiger partial charge is 0.100 e. The Morgan fingerprint density at radius 2 is 1.29 bits per heavy atom. The lowest BCUT2D eigenvalue weighted by Crippen LogP contribution is -2.19. The summed E-state index contributed by atoms with van der Waals surface area (Å²) >= 11 is 0. The van der Waals surface area contributed by atoms with Gasteiger partial charge in [0.2, 0.25) is 0 Å². The predicted molar refractivity (Wildman–Crippen MR) is 84.5 cm³/mol. The third kappa shape index (κ3) is 13.9. The van der Waals surface area contributed by atoms with Crippen LogP contribution in [0.25, 0.3) is 0 Å². The van der Waals surface area contributed by atoms with Crippen LogP contribution in [0.4, 0.5) is 0 Å². The van der Waals surface area contributed by atoms with E-state index in [4.69, 9.17) is 0 Å². The van der Waals surface area contributed by atoms with Crippen molar-refractivity contribution in [1.29, 1.82) is 0 Å². The summed E-state index contributed by atoms with van der Waals surface area (Å²) in [6.07, 6.45) is 12.6. The number of allylic oxidation sites excluding steroid dienone is 1. The van der Waals surface area contributed by atoms with Crippen molar-refractivity contribution >= 4 is 8.07 Å². The first-order valence-corrected chi connectivity index (χ1v) is 11.3. The minimum absolute atomic E-state index is 0.910. The van der Waals surface area contributed by atoms with E-state index in [0.29, 0.717) is 0 Å². The van der Waals surface area contributed by atoms with Crippen LogP contribution in [0.15, 0.2) is 12.2 Å². The summed E-state index contributed by atoms with van der Waals surface area (Å²) in [4.78, 5) is 0. The smallest absolute Gasteiger partial charge is 0.0483 e. The minimum atomic E-state index is -0.910. The van der Waals surface area contributed by atoms with Crippen molar-refractivity contribution in [2.24, 2.45) is 0 Å². The highest BCUT2D eigenvalue weighted by Crippen LogP contribution is 2.20. The fraction of sp³-hybridized carbons (Fsp3) is 0.875. The number of rotatable bonds is 11. The van der Waals surface area contributed by atoms with E-state index in [1.54, 1.807) is 0 Å². The Morgan fingerprint density at radius 1 is 0.824 bits per heavy atom. The van der Waals surface area contributed by atoms with Gasteiger partial charge in [0.05, 0.1) is 0 Å². The summed E-state index contributed by atoms with van der Waals surface area (Å²) in [6.45, 7) is 13.8. The van der Waals surface area contributed by atoms with Crippen molar-refractivity contribution in [2.75, 3.05) is 0 Å². The predicted octanol–water partition coefficient (Wildman–Crippen LogP) is 6.41. The maximum atomic E-state index is 4.23. The zero-order chi connectivity index (χ0) is 13.1. The lowest BCUT2D eigenvalue weighted by Gasteiger charge is -2.17. The van der Waals surface area contributed by atoms with Crippen LogP contribution in [0.2, 0.25) is 25.7 Å². The zero-order valence-corrected chi connectivity index (χ0v) is 13.8. The van der Waals surface area contributed by atoms with Crippen LogP contribution in [0.5, 0.6) is 0 Å². The average Bonchev–Trinajstić information content (AvgIpc) is 2.19. The van der Waals surface area contributed by atoms with Crippen molar-refractivity contribution in [3.8, 4) is 0 Å². The number of hydrogen-bond donors (Lipinski definition) is 0. The Hall–Kier alpha value is -0.0431. The molecule has 0 aliphatic rings. The molecule has 0 amide bonds. The Kier molecular flexibility index (Phi) is 9.91. The molecule has 0 bridgehead atoms. The molecule has 0 aromatic rings. The maximum Gasteiger partial charge on any atom is 0.0483 e. The van der Waals surface area contributed by atoms with E-state index in [1.807, 2.05) is 0 Å². The van der Waals surface area contributed by atoms with Gasteiger partial charge in [-0.2, -0.15) is 0 Å². The number of hydrogen-bond acceptors (Lipinski definition) is 0. The van der Waals surface area contributed by atoms with Crippen LogP contribution in [0.3, 0.4) is 0 Å². The first-order chi connectivity index (χ1) is 7.95. The third-order valence-corrected chi connectivity index (χ3v) is 4.72. The molecule has 0 N–H and O–H groups in total. The summed E-state index contributed by atoms with van der Waals surface area (Å²) in [5, 5.41) is 0. The molecule has 0 aromatic heterocycles. The Bertz CT molecular complexity index is 188. The lowest BCUT2D eigenvalue weighted by molar-refractivity contribution is 0.575. The van der Waals surface area contributed by atoms with Gasteiger partial charge in [0.1, 0.15) is 0 Å². The van der Waals surface area contributed by atoms with Crippen LogP contribution in [-0.2, 0) is 0 Å². The standard InChI is InChI=1S/C16H34Si/c1-6-7-8-9-10-11-12-13-14-16(2)15-17(3,4)5/h2,6-15H2,1,3-5H3. The molecular weight excluding hydrogens is 220 g/mol. The Morgan fingerprint density at radius 3 is 1.76 bits per heavy atom. The zero-order valence-electron chi connectivity index (χ0n) is 12.8. The summed E-state index contributed by atoms with van der Waals surface area (Å²) in [5.41, 5.74) is 1.51. The molecule has 0 heterocycles. The molecule has 17 heavy (non-hydrogen) atoms. The fourth-order valence-corrected chi connectivity index (χ4v) is 4.02. The van der Waals surface area contributed by atoms with E-state index in [9.17, 15) is 0 Å². The van der Waals surface area contributed by atoms with E-state index in [0.717, 1.165) is 0 Å². The Balaban J connectivity index is 3.25. The van der Waals surface area contributed by atoms with E-state index in [1.165, 1.54) is 69.4 Å². The van der Waals surface area contributed by atoms with Gasteiger partial charge in [-0.25, -0.2) is 0 Å². The molecule has 1 heteroatoms. The second-order valence-corrected chi connectivity index (χ2v) is 12.2. The topological polar surface area (TPSA) is 0 Å². The normalized spacial score (nSPS) is 11.8. The van der Waals surface area contributed by atoms with Crippen molar-refractivity contribution in [1.82, 2.24) is 0 Å². The summed E-state index contributed by atoms with van der Waals surface area (Å²) in [7, 11) is -0.910. The van der Waals surface area contributed by atoms with Gasteiger partial charge in [0.25, 0.3) is 0 Å². The molecular formula is C16H34Si. The van der Waals surface area contributed by atoms with Crippen molar-refractivity contribution in [3.05, 3.63) is 12.2 Å². The van der Waals surface area contributed by atoms with Gasteiger partial charge in [-0.15, -0.1) is 6.58 Å². The first kappa shape index (κ1) is 17.0. The van der Waals surface area contributed by atoms with E-state index in [-0.39, 0.29) is 0 Å². The molecule has 102 valence electrons. The quantitative estimate of drug-likeness (QED) is 0.227. The molecule has 0 saturated carbocycles. The molecule has 0 atom stereocenters. The summed E-state index contributed by atoms with van der Waals surface area (Å²) < 4.78 is 0. The van der Waals surface area contributed by atoms with Gasteiger partial charge < -0.3 is 0 Å². The monoisotopic (exact) mass is 254 g/mol. The van der Waals surface area contributed by atoms with Gasteiger partial charge in [-0.3, -0.25) is 0 Å². The highest BCUT2D eigenvalue weighted by Gasteiger charge is 2.13. The van der Waals surface area contributed by atoms with E-state index in [2.05, 4.69) is 33.1 Å². The van der Waals surface area contributed by atoms with Gasteiger partial charge >= 0.3 is 0 Å². The minimum Gasteiger partial charge on any atom is -0.100 e. The molecule has 0 aliphatic heterocycles. The molecule has 0 fully saturated rings. The highest BCUT2D eigenvalue weighted by atomic mass is 28.3. The molecule has 0 spiro atoms. The van der Waals surface area contributed by atoms with Crippen LogP contribution < -0.4 is 0 Å². The van der Waals surface area contributed by atoms with Gasteiger partial charge in [-0.05, 0) is 18.9 Å². The van der Waals surface area contributed by atoms with Crippen molar-refractivity contribution < 1.29 is 0 Å². The summed E-state index contributed by atoms with van der Waals surface area (Å²) in [5.74, 6) is 0. The molecule has 0 aromatic carbocycles. The Labute approximate surface area is 111 Å². The first-order valence-electron chi connectivity index (χ1n) is 7.62. The molecule has 0 radical (unpaired) electrons. The SMILES string of the molecule is C=C(CCCCCCCCCC)C[Si](C)(C)C. The number of unbranched alkanes of at least 4 members (excludes halogenated alkanes) is 7. The molecule has 0 saturated heterocycles. The average molecular weight is 255 g/mol. The molecule has 0 aliphatic carbocycles. The van der Waals surface area contributed by atoms with Gasteiger partial charge in [0, 0.05) is 8.07 Å². The van der Waals surface area contributed by atoms with Crippen LogP contribution in [0, 0.1) is 0 Å². The maximum absolute atomic E-state index is 4.23. The summed E-state index contributed by atoms with van der Waals surface area (Å²) in [6, 6.07) is 1.32. The van der Waals surface area contributed by atoms with Crippen LogP contribution in [0.1, 0.15) is 64.7 Å². The molecule has 0 nitrogen and oxygen atoms in total. The fourth-order valence-electron chi connectivity index (χ4n) is 2.35. The second-order valence-electron chi connectivity index (χ2n) is 6.71. The van der Waals surface area contributed by atoms with E-state index < -0.39 is 8.07 Å². The van der Waals surface area contributed by atoms with Gasteiger partial charge in [-0.1, -0.05) is 77.1 Å². The van der Waals surface area contributed by atoms with Crippen molar-refractivity contribution in [2.45, 2.75) is 90.4 Å². The third-order valence-electron chi connectivity index (χ3n) is 3.16. The molecule has 0 rings (SSSR count). The molecule has 0 unspecified atom stereocenters. The second kappa shape index (κ2) is 9.93. The van der Waals surface area contributed by atoms with Gasteiger partial charge in [0.15, 0.2) is 0 Å². The van der Waals surface area contributed by atoms with Crippen molar-refractivity contribution in [3.63, 3.8) is 0 Å². The van der Waals surface area contributed by atoms with Crippen LogP contribution in [-0.4, -0.2) is 8.07 Å². The highest BCUT2D eigenvalue weighted by molar-refractivity contribution is 6.76. The van der Waals surface area contributed by atoms with E-state index >= 15 is 0 Å².